The number of anilines is 1. The molecule has 0 atom stereocenters. The second-order valence-electron chi connectivity index (χ2n) is 5.74. The largest absolute Gasteiger partial charge is 0.277 e. The minimum absolute atomic E-state index is 0.0254. The van der Waals surface area contributed by atoms with Crippen LogP contribution in [0, 0.1) is 0 Å². The lowest BCUT2D eigenvalue weighted by atomic mass is 9.87. The number of sulfonamides is 1. The molecule has 0 spiro atoms. The van der Waals surface area contributed by atoms with Gasteiger partial charge in [0.2, 0.25) is 0 Å². The number of nitrogens with one attached hydrogen (secondary N) is 1. The molecule has 1 aromatic carbocycles. The number of rotatable bonds is 3. The van der Waals surface area contributed by atoms with Crippen molar-refractivity contribution in [1.82, 2.24) is 4.98 Å². The fraction of sp³-hybridized carbons (Fsp3) is 0.267. The third kappa shape index (κ3) is 3.74. The Bertz CT molecular complexity index is 735. The van der Waals surface area contributed by atoms with E-state index in [0.717, 1.165) is 5.56 Å². The van der Waals surface area contributed by atoms with Crippen LogP contribution in [0.1, 0.15) is 26.3 Å². The molecule has 1 N–H and O–H groups in total. The van der Waals surface area contributed by atoms with Crippen LogP contribution in [-0.4, -0.2) is 13.4 Å². The minimum atomic E-state index is -3.67. The lowest BCUT2D eigenvalue weighted by Gasteiger charge is -2.19. The van der Waals surface area contributed by atoms with E-state index in [2.05, 4.69) is 30.5 Å². The summed E-state index contributed by atoms with van der Waals surface area (Å²) in [4.78, 5) is 4.05. The van der Waals surface area contributed by atoms with E-state index in [1.807, 2.05) is 12.1 Å². The van der Waals surface area contributed by atoms with Crippen molar-refractivity contribution in [2.45, 2.75) is 31.1 Å². The molecule has 0 unspecified atom stereocenters. The predicted molar refractivity (Wildman–Crippen MR) is 85.2 cm³/mol. The van der Waals surface area contributed by atoms with Gasteiger partial charge >= 0.3 is 0 Å². The lowest BCUT2D eigenvalue weighted by Crippen LogP contribution is -2.15. The molecular formula is C15H17ClN2O2S. The van der Waals surface area contributed by atoms with E-state index in [-0.39, 0.29) is 16.0 Å². The second-order valence-corrected chi connectivity index (χ2v) is 7.82. The summed E-state index contributed by atoms with van der Waals surface area (Å²) in [5, 5.41) is 0.305. The highest BCUT2D eigenvalue weighted by molar-refractivity contribution is 7.92. The molecule has 112 valence electrons. The summed E-state index contributed by atoms with van der Waals surface area (Å²) in [7, 11) is -3.67. The topological polar surface area (TPSA) is 59.1 Å². The summed E-state index contributed by atoms with van der Waals surface area (Å²) >= 11 is 5.94. The van der Waals surface area contributed by atoms with Gasteiger partial charge in [-0.15, -0.1) is 0 Å². The molecule has 0 amide bonds. The van der Waals surface area contributed by atoms with Gasteiger partial charge in [-0.2, -0.15) is 0 Å². The Kier molecular flexibility index (Phi) is 4.25. The standard InChI is InChI=1S/C15H17ClN2O2S/c1-15(2,3)11-4-6-12(7-5-11)21(19,20)18-14-10-17-9-8-13(14)16/h4-10,18H,1-3H3. The molecule has 1 aromatic heterocycles. The van der Waals surface area contributed by atoms with Crippen LogP contribution in [0.2, 0.25) is 5.02 Å². The van der Waals surface area contributed by atoms with E-state index < -0.39 is 10.0 Å². The monoisotopic (exact) mass is 324 g/mol. The average molecular weight is 325 g/mol. The van der Waals surface area contributed by atoms with E-state index in [4.69, 9.17) is 11.6 Å². The molecule has 0 bridgehead atoms. The van der Waals surface area contributed by atoms with Crippen molar-refractivity contribution in [3.8, 4) is 0 Å². The van der Waals surface area contributed by atoms with Gasteiger partial charge in [-0.05, 0) is 29.2 Å². The van der Waals surface area contributed by atoms with Gasteiger partial charge in [0.15, 0.2) is 0 Å². The third-order valence-corrected chi connectivity index (χ3v) is 4.75. The normalized spacial score (nSPS) is 12.2. The van der Waals surface area contributed by atoms with Gasteiger partial charge < -0.3 is 0 Å². The average Bonchev–Trinajstić information content (AvgIpc) is 2.40. The Morgan fingerprint density at radius 1 is 1.10 bits per heavy atom. The Morgan fingerprint density at radius 3 is 2.24 bits per heavy atom. The molecule has 2 aromatic rings. The van der Waals surface area contributed by atoms with Crippen molar-refractivity contribution < 1.29 is 8.42 Å². The smallest absolute Gasteiger partial charge is 0.261 e. The summed E-state index contributed by atoms with van der Waals surface area (Å²) < 4.78 is 27.1. The van der Waals surface area contributed by atoms with Crippen LogP contribution in [0.4, 0.5) is 5.69 Å². The van der Waals surface area contributed by atoms with Gasteiger partial charge in [0.1, 0.15) is 0 Å². The summed E-state index contributed by atoms with van der Waals surface area (Å²) in [6.07, 6.45) is 2.88. The van der Waals surface area contributed by atoms with Crippen LogP contribution in [-0.2, 0) is 15.4 Å². The number of hydrogen-bond acceptors (Lipinski definition) is 3. The number of benzene rings is 1. The van der Waals surface area contributed by atoms with Gasteiger partial charge in [-0.1, -0.05) is 44.5 Å². The van der Waals surface area contributed by atoms with E-state index >= 15 is 0 Å². The van der Waals surface area contributed by atoms with Crippen LogP contribution in [0.3, 0.4) is 0 Å². The summed E-state index contributed by atoms with van der Waals surface area (Å²) in [6, 6.07) is 8.35. The Morgan fingerprint density at radius 2 is 1.71 bits per heavy atom. The first-order valence-electron chi connectivity index (χ1n) is 6.43. The van der Waals surface area contributed by atoms with Crippen molar-refractivity contribution >= 4 is 27.3 Å². The van der Waals surface area contributed by atoms with Crippen molar-refractivity contribution in [3.63, 3.8) is 0 Å². The first kappa shape index (κ1) is 15.8. The van der Waals surface area contributed by atoms with Crippen LogP contribution >= 0.6 is 11.6 Å². The van der Waals surface area contributed by atoms with Crippen LogP contribution < -0.4 is 4.72 Å². The van der Waals surface area contributed by atoms with Crippen molar-refractivity contribution in [2.24, 2.45) is 0 Å². The minimum Gasteiger partial charge on any atom is -0.277 e. The molecule has 1 heterocycles. The van der Waals surface area contributed by atoms with Gasteiger partial charge in [-0.25, -0.2) is 8.42 Å². The zero-order chi connectivity index (χ0) is 15.7. The van der Waals surface area contributed by atoms with Gasteiger partial charge in [0.25, 0.3) is 10.0 Å². The molecule has 2 rings (SSSR count). The first-order valence-corrected chi connectivity index (χ1v) is 8.29. The third-order valence-electron chi connectivity index (χ3n) is 3.04. The second kappa shape index (κ2) is 5.66. The highest BCUT2D eigenvalue weighted by Crippen LogP contribution is 2.26. The Balaban J connectivity index is 2.30. The fourth-order valence-electron chi connectivity index (χ4n) is 1.79. The summed E-state index contributed by atoms with van der Waals surface area (Å²) in [5.74, 6) is 0. The maximum Gasteiger partial charge on any atom is 0.261 e. The molecule has 0 aliphatic rings. The van der Waals surface area contributed by atoms with Crippen LogP contribution in [0.15, 0.2) is 47.6 Å². The van der Waals surface area contributed by atoms with Crippen molar-refractivity contribution in [1.29, 1.82) is 0 Å². The van der Waals surface area contributed by atoms with E-state index in [9.17, 15) is 8.42 Å². The maximum absolute atomic E-state index is 12.3. The van der Waals surface area contributed by atoms with Crippen LogP contribution in [0.25, 0.3) is 0 Å². The molecule has 0 aliphatic carbocycles. The molecule has 0 aliphatic heterocycles. The fourth-order valence-corrected chi connectivity index (χ4v) is 3.06. The summed E-state index contributed by atoms with van der Waals surface area (Å²) in [5.41, 5.74) is 1.31. The predicted octanol–water partition coefficient (Wildman–Crippen LogP) is 3.83. The quantitative estimate of drug-likeness (QED) is 0.933. The van der Waals surface area contributed by atoms with Gasteiger partial charge in [0, 0.05) is 6.20 Å². The van der Waals surface area contributed by atoms with Gasteiger partial charge in [-0.3, -0.25) is 9.71 Å². The van der Waals surface area contributed by atoms with Crippen molar-refractivity contribution in [3.05, 3.63) is 53.3 Å². The van der Waals surface area contributed by atoms with Crippen LogP contribution in [0.5, 0.6) is 0 Å². The maximum atomic E-state index is 12.3. The highest BCUT2D eigenvalue weighted by Gasteiger charge is 2.18. The van der Waals surface area contributed by atoms with Gasteiger partial charge in [0.05, 0.1) is 21.8 Å². The van der Waals surface area contributed by atoms with E-state index in [1.165, 1.54) is 18.5 Å². The number of nitrogens with zero attached hydrogens (tertiary/aromatic N) is 1. The summed E-state index contributed by atoms with van der Waals surface area (Å²) in [6.45, 7) is 6.22. The molecule has 0 saturated carbocycles. The van der Waals surface area contributed by atoms with E-state index in [0.29, 0.717) is 5.02 Å². The molecule has 0 radical (unpaired) electrons. The molecule has 0 saturated heterocycles. The highest BCUT2D eigenvalue weighted by atomic mass is 35.5. The number of pyridine rings is 1. The first-order chi connectivity index (χ1) is 9.70. The Hall–Kier alpha value is -1.59. The number of halogens is 1. The van der Waals surface area contributed by atoms with Crippen molar-refractivity contribution in [2.75, 3.05) is 4.72 Å². The SMILES string of the molecule is CC(C)(C)c1ccc(S(=O)(=O)Nc2cnccc2Cl)cc1. The molecule has 0 fully saturated rings. The molecule has 6 heteroatoms. The number of aromatic nitrogens is 1. The lowest BCUT2D eigenvalue weighted by molar-refractivity contribution is 0.587. The Labute approximate surface area is 130 Å². The molecule has 4 nitrogen and oxygen atoms in total. The zero-order valence-electron chi connectivity index (χ0n) is 12.1. The zero-order valence-corrected chi connectivity index (χ0v) is 13.7. The van der Waals surface area contributed by atoms with E-state index in [1.54, 1.807) is 12.1 Å². The molecular weight excluding hydrogens is 308 g/mol. The number of hydrogen-bond donors (Lipinski definition) is 1. The molecule has 21 heavy (non-hydrogen) atoms.